The van der Waals surface area contributed by atoms with E-state index in [4.69, 9.17) is 0 Å². The molecule has 6 nitrogen and oxygen atoms in total. The molecule has 1 spiro atoms. The maximum absolute atomic E-state index is 13.3. The molecule has 2 aromatic rings. The van der Waals surface area contributed by atoms with Crippen LogP contribution in [0.5, 0.6) is 0 Å². The highest BCUT2D eigenvalue weighted by Gasteiger charge is 2.45. The molecule has 27 heavy (non-hydrogen) atoms. The lowest BCUT2D eigenvalue weighted by molar-refractivity contribution is -0.150. The molecule has 4 heterocycles. The second kappa shape index (κ2) is 7.43. The molecule has 2 aromatic heterocycles. The van der Waals surface area contributed by atoms with E-state index in [2.05, 4.69) is 39.1 Å². The summed E-state index contributed by atoms with van der Waals surface area (Å²) in [5, 5.41) is 4.45. The zero-order valence-corrected chi connectivity index (χ0v) is 16.4. The Labute approximate surface area is 161 Å². The predicted molar refractivity (Wildman–Crippen MR) is 104 cm³/mol. The van der Waals surface area contributed by atoms with Gasteiger partial charge in [-0.15, -0.1) is 0 Å². The minimum Gasteiger partial charge on any atom is -0.338 e. The van der Waals surface area contributed by atoms with Crippen LogP contribution in [0.1, 0.15) is 42.5 Å². The van der Waals surface area contributed by atoms with Crippen LogP contribution in [0.4, 0.5) is 0 Å². The lowest BCUT2D eigenvalue weighted by Crippen LogP contribution is -2.53. The number of nitrogens with zero attached hydrogens (tertiary/aromatic N) is 5. The summed E-state index contributed by atoms with van der Waals surface area (Å²) in [5.74, 6) is 0.356. The predicted octanol–water partition coefficient (Wildman–Crippen LogP) is 2.53. The van der Waals surface area contributed by atoms with Gasteiger partial charge in [0.15, 0.2) is 0 Å². The van der Waals surface area contributed by atoms with Crippen molar-refractivity contribution in [1.29, 1.82) is 0 Å². The highest BCUT2D eigenvalue weighted by atomic mass is 16.2. The van der Waals surface area contributed by atoms with Crippen molar-refractivity contribution < 1.29 is 4.79 Å². The minimum atomic E-state index is -0.152. The van der Waals surface area contributed by atoms with Crippen molar-refractivity contribution in [2.75, 3.05) is 19.6 Å². The minimum absolute atomic E-state index is 0.152. The summed E-state index contributed by atoms with van der Waals surface area (Å²) in [6.07, 6.45) is 9.84. The van der Waals surface area contributed by atoms with E-state index in [1.54, 1.807) is 6.20 Å². The summed E-state index contributed by atoms with van der Waals surface area (Å²) in [4.78, 5) is 22.0. The zero-order valence-electron chi connectivity index (χ0n) is 16.4. The third kappa shape index (κ3) is 3.76. The van der Waals surface area contributed by atoms with Crippen LogP contribution in [-0.2, 0) is 24.9 Å². The highest BCUT2D eigenvalue weighted by molar-refractivity contribution is 5.83. The second-order valence-corrected chi connectivity index (χ2v) is 8.16. The van der Waals surface area contributed by atoms with Crippen LogP contribution in [-0.4, -0.2) is 50.1 Å². The van der Waals surface area contributed by atoms with E-state index in [9.17, 15) is 4.79 Å². The molecule has 2 saturated heterocycles. The summed E-state index contributed by atoms with van der Waals surface area (Å²) in [6, 6.07) is 4.00. The number of hydrogen-bond donors (Lipinski definition) is 0. The van der Waals surface area contributed by atoms with Crippen LogP contribution >= 0.6 is 0 Å². The number of likely N-dealkylation sites (tertiary alicyclic amines) is 2. The monoisotopic (exact) mass is 367 g/mol. The molecule has 0 unspecified atom stereocenters. The smallest absolute Gasteiger partial charge is 0.229 e. The molecule has 0 N–H and O–H groups in total. The van der Waals surface area contributed by atoms with Crippen LogP contribution in [0.3, 0.4) is 0 Å². The fraction of sp³-hybridized carbons (Fsp3) is 0.571. The Hall–Kier alpha value is -2.21. The summed E-state index contributed by atoms with van der Waals surface area (Å²) in [5.41, 5.74) is 3.36. The Morgan fingerprint density at radius 3 is 2.63 bits per heavy atom. The van der Waals surface area contributed by atoms with Crippen molar-refractivity contribution in [3.8, 4) is 0 Å². The Bertz CT molecular complexity index is 792. The molecule has 0 saturated carbocycles. The van der Waals surface area contributed by atoms with E-state index in [0.717, 1.165) is 63.1 Å². The highest BCUT2D eigenvalue weighted by Crippen LogP contribution is 2.41. The first-order valence-electron chi connectivity index (χ1n) is 9.95. The number of amides is 1. The Morgan fingerprint density at radius 1 is 1.15 bits per heavy atom. The standard InChI is InChI=1S/C21H29N5O/c1-17-19(15-24(2)23-17)16-25-11-7-21(8-12-25)6-4-10-26(20(21)27)14-18-5-3-9-22-13-18/h3,5,9,13,15H,4,6-8,10-12,14,16H2,1-2H3. The molecule has 0 atom stereocenters. The SMILES string of the molecule is Cc1nn(C)cc1CN1CCC2(CCCN(Cc3cccnc3)C2=O)CC1. The molecule has 0 radical (unpaired) electrons. The van der Waals surface area contributed by atoms with Gasteiger partial charge < -0.3 is 4.90 Å². The molecule has 2 aliphatic heterocycles. The fourth-order valence-electron chi connectivity index (χ4n) is 4.66. The van der Waals surface area contributed by atoms with Gasteiger partial charge in [-0.05, 0) is 57.3 Å². The van der Waals surface area contributed by atoms with Crippen molar-refractivity contribution >= 4 is 5.91 Å². The first kappa shape index (κ1) is 18.2. The number of aromatic nitrogens is 3. The number of piperidine rings is 2. The number of hydrogen-bond acceptors (Lipinski definition) is 4. The number of aryl methyl sites for hydroxylation is 2. The Morgan fingerprint density at radius 2 is 1.96 bits per heavy atom. The van der Waals surface area contributed by atoms with Gasteiger partial charge in [0.2, 0.25) is 5.91 Å². The van der Waals surface area contributed by atoms with E-state index < -0.39 is 0 Å². The molecular formula is C21H29N5O. The quantitative estimate of drug-likeness (QED) is 0.833. The van der Waals surface area contributed by atoms with E-state index >= 15 is 0 Å². The molecule has 0 aliphatic carbocycles. The molecule has 0 bridgehead atoms. The third-order valence-corrected chi connectivity index (χ3v) is 6.24. The number of carbonyl (C=O) groups excluding carboxylic acids is 1. The molecular weight excluding hydrogens is 338 g/mol. The van der Waals surface area contributed by atoms with Gasteiger partial charge in [-0.3, -0.25) is 19.4 Å². The van der Waals surface area contributed by atoms with E-state index in [0.29, 0.717) is 12.5 Å². The maximum atomic E-state index is 13.3. The molecule has 4 rings (SSSR count). The molecule has 2 fully saturated rings. The Kier molecular flexibility index (Phi) is 5.00. The van der Waals surface area contributed by atoms with Crippen molar-refractivity contribution in [3.63, 3.8) is 0 Å². The van der Waals surface area contributed by atoms with Crippen molar-refractivity contribution in [2.45, 2.75) is 45.7 Å². The summed E-state index contributed by atoms with van der Waals surface area (Å²) >= 11 is 0. The van der Waals surface area contributed by atoms with E-state index in [-0.39, 0.29) is 5.41 Å². The van der Waals surface area contributed by atoms with Crippen molar-refractivity contribution in [2.24, 2.45) is 12.5 Å². The summed E-state index contributed by atoms with van der Waals surface area (Å²) in [7, 11) is 1.97. The Balaban J connectivity index is 1.39. The lowest BCUT2D eigenvalue weighted by Gasteiger charge is -2.46. The zero-order chi connectivity index (χ0) is 18.9. The number of rotatable bonds is 4. The van der Waals surface area contributed by atoms with Gasteiger partial charge in [-0.2, -0.15) is 5.10 Å². The van der Waals surface area contributed by atoms with Crippen molar-refractivity contribution in [1.82, 2.24) is 24.6 Å². The van der Waals surface area contributed by atoms with E-state index in [1.807, 2.05) is 24.0 Å². The van der Waals surface area contributed by atoms with Crippen molar-refractivity contribution in [3.05, 3.63) is 47.5 Å². The normalized spacial score (nSPS) is 20.4. The first-order valence-corrected chi connectivity index (χ1v) is 9.95. The van der Waals surface area contributed by atoms with Gasteiger partial charge >= 0.3 is 0 Å². The van der Waals surface area contributed by atoms with Crippen LogP contribution < -0.4 is 0 Å². The number of pyridine rings is 1. The van der Waals surface area contributed by atoms with Gasteiger partial charge in [-0.25, -0.2) is 0 Å². The molecule has 1 amide bonds. The lowest BCUT2D eigenvalue weighted by atomic mass is 9.71. The van der Waals surface area contributed by atoms with Crippen LogP contribution in [0.15, 0.2) is 30.7 Å². The van der Waals surface area contributed by atoms with Gasteiger partial charge in [0.05, 0.1) is 11.1 Å². The topological polar surface area (TPSA) is 54.3 Å². The van der Waals surface area contributed by atoms with E-state index in [1.165, 1.54) is 5.56 Å². The van der Waals surface area contributed by atoms with Crippen LogP contribution in [0.2, 0.25) is 0 Å². The average Bonchev–Trinajstić information content (AvgIpc) is 2.99. The van der Waals surface area contributed by atoms with Gasteiger partial charge in [0.25, 0.3) is 0 Å². The number of carbonyl (C=O) groups is 1. The summed E-state index contributed by atoms with van der Waals surface area (Å²) < 4.78 is 1.89. The van der Waals surface area contributed by atoms with Crippen LogP contribution in [0, 0.1) is 12.3 Å². The van der Waals surface area contributed by atoms with Gasteiger partial charge in [-0.1, -0.05) is 6.07 Å². The average molecular weight is 367 g/mol. The largest absolute Gasteiger partial charge is 0.338 e. The molecule has 6 heteroatoms. The first-order chi connectivity index (χ1) is 13.1. The summed E-state index contributed by atoms with van der Waals surface area (Å²) in [6.45, 7) is 6.54. The van der Waals surface area contributed by atoms with Crippen LogP contribution in [0.25, 0.3) is 0 Å². The second-order valence-electron chi connectivity index (χ2n) is 8.16. The molecule has 144 valence electrons. The fourth-order valence-corrected chi connectivity index (χ4v) is 4.66. The molecule has 2 aliphatic rings. The maximum Gasteiger partial charge on any atom is 0.229 e. The molecule has 0 aromatic carbocycles. The third-order valence-electron chi connectivity index (χ3n) is 6.24. The van der Waals surface area contributed by atoms with Gasteiger partial charge in [0, 0.05) is 50.8 Å². The van der Waals surface area contributed by atoms with Gasteiger partial charge in [0.1, 0.15) is 0 Å².